The number of nitro groups is 1. The summed E-state index contributed by atoms with van der Waals surface area (Å²) in [7, 11) is 0. The molecule has 30 heavy (non-hydrogen) atoms. The van der Waals surface area contributed by atoms with Crippen LogP contribution >= 0.6 is 11.3 Å². The summed E-state index contributed by atoms with van der Waals surface area (Å²) in [5.41, 5.74) is 4.29. The molecule has 0 aliphatic heterocycles. The van der Waals surface area contributed by atoms with E-state index in [1.807, 2.05) is 31.4 Å². The van der Waals surface area contributed by atoms with Crippen molar-refractivity contribution in [2.24, 2.45) is 0 Å². The molecule has 0 saturated carbocycles. The maximum Gasteiger partial charge on any atom is 0.269 e. The lowest BCUT2D eigenvalue weighted by Crippen LogP contribution is -2.27. The van der Waals surface area contributed by atoms with Crippen molar-refractivity contribution in [1.29, 1.82) is 0 Å². The van der Waals surface area contributed by atoms with Crippen molar-refractivity contribution in [1.82, 2.24) is 10.3 Å². The van der Waals surface area contributed by atoms with Crippen molar-refractivity contribution in [2.45, 2.75) is 20.3 Å². The Morgan fingerprint density at radius 2 is 1.87 bits per heavy atom. The first-order chi connectivity index (χ1) is 14.3. The Balaban J connectivity index is 1.50. The molecule has 2 amide bonds. The fraction of sp³-hybridized carbons (Fsp3) is 0.190. The van der Waals surface area contributed by atoms with Crippen molar-refractivity contribution in [3.63, 3.8) is 0 Å². The van der Waals surface area contributed by atoms with Crippen LogP contribution in [0.2, 0.25) is 0 Å². The molecule has 1 aromatic heterocycles. The van der Waals surface area contributed by atoms with Crippen LogP contribution in [0.1, 0.15) is 27.9 Å². The second-order valence-electron chi connectivity index (χ2n) is 6.71. The monoisotopic (exact) mass is 424 g/mol. The van der Waals surface area contributed by atoms with Crippen molar-refractivity contribution in [3.05, 3.63) is 74.6 Å². The highest BCUT2D eigenvalue weighted by atomic mass is 32.1. The van der Waals surface area contributed by atoms with Crippen LogP contribution in [-0.4, -0.2) is 28.3 Å². The first kappa shape index (κ1) is 21.1. The molecule has 0 aliphatic carbocycles. The van der Waals surface area contributed by atoms with Gasteiger partial charge in [-0.05, 0) is 37.6 Å². The summed E-state index contributed by atoms with van der Waals surface area (Å²) in [5, 5.41) is 18.4. The number of nitro benzene ring substituents is 1. The predicted molar refractivity (Wildman–Crippen MR) is 116 cm³/mol. The van der Waals surface area contributed by atoms with Gasteiger partial charge in [-0.15, -0.1) is 11.3 Å². The van der Waals surface area contributed by atoms with Crippen LogP contribution in [0.5, 0.6) is 0 Å². The zero-order chi connectivity index (χ0) is 21.7. The van der Waals surface area contributed by atoms with E-state index in [0.29, 0.717) is 10.7 Å². The number of aryl methyl sites for hydroxylation is 2. The summed E-state index contributed by atoms with van der Waals surface area (Å²) in [4.78, 5) is 38.8. The van der Waals surface area contributed by atoms with Crippen LogP contribution in [0.3, 0.4) is 0 Å². The van der Waals surface area contributed by atoms with E-state index in [2.05, 4.69) is 21.7 Å². The minimum absolute atomic E-state index is 0.0805. The standard InChI is InChI=1S/C21H20N4O4S/c1-13-3-4-14(2)17(11-13)18-12-30-21(23-18)24-19(26)9-10-22-20(27)15-5-7-16(8-6-15)25(28)29/h3-8,11-12H,9-10H2,1-2H3,(H,22,27)(H,23,24,26). The zero-order valence-corrected chi connectivity index (χ0v) is 17.3. The van der Waals surface area contributed by atoms with Crippen LogP contribution in [0, 0.1) is 24.0 Å². The number of hydrogen-bond donors (Lipinski definition) is 2. The molecular formula is C21H20N4O4S. The number of hydrogen-bond acceptors (Lipinski definition) is 6. The number of amides is 2. The van der Waals surface area contributed by atoms with E-state index < -0.39 is 10.8 Å². The zero-order valence-electron chi connectivity index (χ0n) is 16.5. The Morgan fingerprint density at radius 3 is 2.57 bits per heavy atom. The topological polar surface area (TPSA) is 114 Å². The third-order valence-corrected chi connectivity index (χ3v) is 5.16. The number of aromatic nitrogens is 1. The highest BCUT2D eigenvalue weighted by Gasteiger charge is 2.12. The third-order valence-electron chi connectivity index (χ3n) is 4.40. The quantitative estimate of drug-likeness (QED) is 0.438. The Labute approximate surface area is 177 Å². The lowest BCUT2D eigenvalue weighted by Gasteiger charge is -2.06. The minimum Gasteiger partial charge on any atom is -0.352 e. The van der Waals surface area contributed by atoms with Crippen LogP contribution in [0.15, 0.2) is 47.8 Å². The number of thiazole rings is 1. The fourth-order valence-electron chi connectivity index (χ4n) is 2.77. The van der Waals surface area contributed by atoms with E-state index in [4.69, 9.17) is 0 Å². The Morgan fingerprint density at radius 1 is 1.13 bits per heavy atom. The molecule has 0 radical (unpaired) electrons. The van der Waals surface area contributed by atoms with Gasteiger partial charge in [0.25, 0.3) is 11.6 Å². The summed E-state index contributed by atoms with van der Waals surface area (Å²) in [5.74, 6) is -0.662. The van der Waals surface area contributed by atoms with Crippen LogP contribution in [0.25, 0.3) is 11.3 Å². The van der Waals surface area contributed by atoms with Gasteiger partial charge in [0, 0.05) is 41.6 Å². The molecule has 0 unspecified atom stereocenters. The van der Waals surface area contributed by atoms with Crippen molar-refractivity contribution >= 4 is 34.0 Å². The van der Waals surface area contributed by atoms with Gasteiger partial charge >= 0.3 is 0 Å². The number of anilines is 1. The molecule has 0 spiro atoms. The van der Waals surface area contributed by atoms with E-state index in [0.717, 1.165) is 22.4 Å². The first-order valence-electron chi connectivity index (χ1n) is 9.19. The molecule has 3 rings (SSSR count). The Kier molecular flexibility index (Phi) is 6.53. The number of rotatable bonds is 7. The number of carbonyl (C=O) groups is 2. The molecular weight excluding hydrogens is 404 g/mol. The highest BCUT2D eigenvalue weighted by molar-refractivity contribution is 7.14. The van der Waals surface area contributed by atoms with Gasteiger partial charge in [0.1, 0.15) is 0 Å². The molecule has 154 valence electrons. The van der Waals surface area contributed by atoms with E-state index in [1.165, 1.54) is 35.6 Å². The first-order valence-corrected chi connectivity index (χ1v) is 10.1. The molecule has 2 N–H and O–H groups in total. The summed E-state index contributed by atoms with van der Waals surface area (Å²) in [6.45, 7) is 4.17. The summed E-state index contributed by atoms with van der Waals surface area (Å²) in [6.07, 6.45) is 0.0805. The van der Waals surface area contributed by atoms with Gasteiger partial charge < -0.3 is 10.6 Å². The van der Waals surface area contributed by atoms with Gasteiger partial charge in [0.15, 0.2) is 5.13 Å². The molecule has 8 nitrogen and oxygen atoms in total. The van der Waals surface area contributed by atoms with Crippen LogP contribution < -0.4 is 10.6 Å². The molecule has 0 fully saturated rings. The second-order valence-corrected chi connectivity index (χ2v) is 7.57. The van der Waals surface area contributed by atoms with Gasteiger partial charge in [0.05, 0.1) is 10.6 Å². The molecule has 0 atom stereocenters. The normalized spacial score (nSPS) is 10.5. The molecule has 1 heterocycles. The molecule has 0 bridgehead atoms. The lowest BCUT2D eigenvalue weighted by molar-refractivity contribution is -0.384. The number of nitrogens with one attached hydrogen (secondary N) is 2. The lowest BCUT2D eigenvalue weighted by atomic mass is 10.0. The van der Waals surface area contributed by atoms with Crippen molar-refractivity contribution in [3.8, 4) is 11.3 Å². The molecule has 9 heteroatoms. The largest absolute Gasteiger partial charge is 0.352 e. The summed E-state index contributed by atoms with van der Waals surface area (Å²) >= 11 is 1.34. The van der Waals surface area contributed by atoms with Crippen molar-refractivity contribution < 1.29 is 14.5 Å². The predicted octanol–water partition coefficient (Wildman–Crippen LogP) is 4.09. The average molecular weight is 424 g/mol. The molecule has 3 aromatic rings. The summed E-state index contributed by atoms with van der Waals surface area (Å²) in [6, 6.07) is 11.4. The Bertz CT molecular complexity index is 1090. The number of nitrogens with zero attached hydrogens (tertiary/aromatic N) is 2. The third kappa shape index (κ3) is 5.26. The Hall–Kier alpha value is -3.59. The fourth-order valence-corrected chi connectivity index (χ4v) is 3.50. The number of benzene rings is 2. The van der Waals surface area contributed by atoms with Gasteiger partial charge in [-0.3, -0.25) is 19.7 Å². The SMILES string of the molecule is Cc1ccc(C)c(-c2csc(NC(=O)CCNC(=O)c3ccc([N+](=O)[O-])cc3)n2)c1. The van der Waals surface area contributed by atoms with Gasteiger partial charge in [0.2, 0.25) is 5.91 Å². The molecule has 2 aromatic carbocycles. The molecule has 0 aliphatic rings. The van der Waals surface area contributed by atoms with E-state index >= 15 is 0 Å². The average Bonchev–Trinajstić information content (AvgIpc) is 3.17. The number of carbonyl (C=O) groups excluding carboxylic acids is 2. The maximum absolute atomic E-state index is 12.1. The van der Waals surface area contributed by atoms with Crippen molar-refractivity contribution in [2.75, 3.05) is 11.9 Å². The maximum atomic E-state index is 12.1. The van der Waals surface area contributed by atoms with Gasteiger partial charge in [-0.25, -0.2) is 4.98 Å². The van der Waals surface area contributed by atoms with E-state index in [1.54, 1.807) is 0 Å². The van der Waals surface area contributed by atoms with Gasteiger partial charge in [-0.2, -0.15) is 0 Å². The molecule has 0 saturated heterocycles. The van der Waals surface area contributed by atoms with Crippen LogP contribution in [-0.2, 0) is 4.79 Å². The minimum atomic E-state index is -0.531. The number of non-ortho nitro benzene ring substituents is 1. The van der Waals surface area contributed by atoms with Crippen LogP contribution in [0.4, 0.5) is 10.8 Å². The smallest absolute Gasteiger partial charge is 0.269 e. The second kappa shape index (κ2) is 9.27. The van der Waals surface area contributed by atoms with E-state index in [-0.39, 0.29) is 24.6 Å². The summed E-state index contributed by atoms with van der Waals surface area (Å²) < 4.78 is 0. The van der Waals surface area contributed by atoms with Gasteiger partial charge in [-0.1, -0.05) is 17.7 Å². The highest BCUT2D eigenvalue weighted by Crippen LogP contribution is 2.28. The van der Waals surface area contributed by atoms with E-state index in [9.17, 15) is 19.7 Å².